The molecule has 1 atom stereocenters. The molecule has 0 amide bonds. The van der Waals surface area contributed by atoms with Gasteiger partial charge in [-0.1, -0.05) is 44.2 Å². The summed E-state index contributed by atoms with van der Waals surface area (Å²) in [5.74, 6) is 2.10. The van der Waals surface area contributed by atoms with E-state index < -0.39 is 0 Å². The molecule has 0 fully saturated rings. The summed E-state index contributed by atoms with van der Waals surface area (Å²) in [6.07, 6.45) is 0. The van der Waals surface area contributed by atoms with Gasteiger partial charge in [-0.2, -0.15) is 4.98 Å². The predicted octanol–water partition coefficient (Wildman–Crippen LogP) is 4.03. The van der Waals surface area contributed by atoms with E-state index in [0.717, 1.165) is 18.1 Å². The normalized spacial score (nSPS) is 12.2. The number of nitrogens with one attached hydrogen (secondary N) is 2. The van der Waals surface area contributed by atoms with Gasteiger partial charge in [0.1, 0.15) is 5.82 Å². The smallest absolute Gasteiger partial charge is 0.224 e. The van der Waals surface area contributed by atoms with Crippen LogP contribution in [0.4, 0.5) is 11.8 Å². The Hall–Kier alpha value is -2.10. The van der Waals surface area contributed by atoms with Gasteiger partial charge in [0.05, 0.1) is 0 Å². The van der Waals surface area contributed by atoms with Gasteiger partial charge in [0.2, 0.25) is 5.95 Å². The molecule has 0 spiro atoms. The number of benzene rings is 1. The van der Waals surface area contributed by atoms with E-state index in [-0.39, 0.29) is 6.04 Å². The number of aromatic nitrogens is 2. The average Bonchev–Trinajstić information content (AvgIpc) is 2.45. The Kier molecular flexibility index (Phi) is 5.14. The molecule has 1 aromatic heterocycles. The van der Waals surface area contributed by atoms with Crippen molar-refractivity contribution in [2.45, 2.75) is 33.7 Å². The Morgan fingerprint density at radius 1 is 1.05 bits per heavy atom. The van der Waals surface area contributed by atoms with Crippen LogP contribution in [0.25, 0.3) is 0 Å². The lowest BCUT2D eigenvalue weighted by Crippen LogP contribution is -2.13. The minimum Gasteiger partial charge on any atom is -0.363 e. The van der Waals surface area contributed by atoms with Gasteiger partial charge in [-0.15, -0.1) is 0 Å². The summed E-state index contributed by atoms with van der Waals surface area (Å²) in [6, 6.07) is 12.5. The standard InChI is InChI=1S/C17H24N4/c1-12(2)11-18-17-19-13(3)10-16(21-17)20-14(4)15-8-6-5-7-9-15/h5-10,12,14H,11H2,1-4H3,(H2,18,19,20,21). The van der Waals surface area contributed by atoms with Crippen LogP contribution in [0.15, 0.2) is 36.4 Å². The first kappa shape index (κ1) is 15.3. The van der Waals surface area contributed by atoms with Crippen LogP contribution in [0.1, 0.15) is 38.1 Å². The fourth-order valence-electron chi connectivity index (χ4n) is 2.06. The second-order valence-electron chi connectivity index (χ2n) is 5.77. The monoisotopic (exact) mass is 284 g/mol. The van der Waals surface area contributed by atoms with Gasteiger partial charge in [0.25, 0.3) is 0 Å². The molecule has 1 unspecified atom stereocenters. The lowest BCUT2D eigenvalue weighted by Gasteiger charge is -2.16. The summed E-state index contributed by atoms with van der Waals surface area (Å²) in [7, 11) is 0. The molecule has 0 radical (unpaired) electrons. The fraction of sp³-hybridized carbons (Fsp3) is 0.412. The van der Waals surface area contributed by atoms with Crippen LogP contribution >= 0.6 is 0 Å². The second-order valence-corrected chi connectivity index (χ2v) is 5.77. The van der Waals surface area contributed by atoms with Crippen LogP contribution in [0.3, 0.4) is 0 Å². The van der Waals surface area contributed by atoms with Crippen molar-refractivity contribution in [3.05, 3.63) is 47.7 Å². The highest BCUT2D eigenvalue weighted by molar-refractivity contribution is 5.44. The van der Waals surface area contributed by atoms with Gasteiger partial charge < -0.3 is 10.6 Å². The third kappa shape index (κ3) is 4.74. The minimum absolute atomic E-state index is 0.207. The number of rotatable bonds is 6. The van der Waals surface area contributed by atoms with Crippen molar-refractivity contribution >= 4 is 11.8 Å². The highest BCUT2D eigenvalue weighted by Crippen LogP contribution is 2.19. The van der Waals surface area contributed by atoms with Crippen LogP contribution in [0.5, 0.6) is 0 Å². The van der Waals surface area contributed by atoms with E-state index in [1.165, 1.54) is 5.56 Å². The summed E-state index contributed by atoms with van der Waals surface area (Å²) < 4.78 is 0. The molecule has 2 N–H and O–H groups in total. The summed E-state index contributed by atoms with van der Waals surface area (Å²) in [5, 5.41) is 6.71. The molecule has 21 heavy (non-hydrogen) atoms. The third-order valence-electron chi connectivity index (χ3n) is 3.19. The second kappa shape index (κ2) is 7.07. The van der Waals surface area contributed by atoms with Crippen LogP contribution < -0.4 is 10.6 Å². The molecule has 1 aromatic carbocycles. The summed E-state index contributed by atoms with van der Waals surface area (Å²) in [5.41, 5.74) is 2.20. The molecular formula is C17H24N4. The van der Waals surface area contributed by atoms with Crippen molar-refractivity contribution in [3.8, 4) is 0 Å². The highest BCUT2D eigenvalue weighted by Gasteiger charge is 2.08. The zero-order valence-corrected chi connectivity index (χ0v) is 13.2. The average molecular weight is 284 g/mol. The summed E-state index contributed by atoms with van der Waals surface area (Å²) in [4.78, 5) is 8.96. The Morgan fingerprint density at radius 2 is 1.76 bits per heavy atom. The Bertz CT molecular complexity index is 566. The minimum atomic E-state index is 0.207. The van der Waals surface area contributed by atoms with Crippen molar-refractivity contribution in [1.29, 1.82) is 0 Å². The SMILES string of the molecule is Cc1cc(NC(C)c2ccccc2)nc(NCC(C)C)n1. The molecule has 0 saturated heterocycles. The summed E-state index contributed by atoms with van der Waals surface area (Å²) >= 11 is 0. The first-order chi connectivity index (χ1) is 10.0. The molecule has 2 rings (SSSR count). The molecule has 0 saturated carbocycles. The van der Waals surface area contributed by atoms with Crippen LogP contribution in [-0.2, 0) is 0 Å². The lowest BCUT2D eigenvalue weighted by atomic mass is 10.1. The van der Waals surface area contributed by atoms with Crippen LogP contribution in [0.2, 0.25) is 0 Å². The number of nitrogens with zero attached hydrogens (tertiary/aromatic N) is 2. The van der Waals surface area contributed by atoms with Crippen molar-refractivity contribution in [2.75, 3.05) is 17.2 Å². The predicted molar refractivity (Wildman–Crippen MR) is 88.6 cm³/mol. The molecule has 2 aromatic rings. The number of hydrogen-bond acceptors (Lipinski definition) is 4. The van der Waals surface area contributed by atoms with Gasteiger partial charge >= 0.3 is 0 Å². The van der Waals surface area contributed by atoms with E-state index in [4.69, 9.17) is 0 Å². The van der Waals surface area contributed by atoms with Gasteiger partial charge in [-0.05, 0) is 25.3 Å². The molecule has 0 bridgehead atoms. The van der Waals surface area contributed by atoms with Gasteiger partial charge in [-0.3, -0.25) is 0 Å². The molecule has 4 heteroatoms. The maximum Gasteiger partial charge on any atom is 0.224 e. The first-order valence-corrected chi connectivity index (χ1v) is 7.45. The third-order valence-corrected chi connectivity index (χ3v) is 3.19. The van der Waals surface area contributed by atoms with Crippen molar-refractivity contribution in [3.63, 3.8) is 0 Å². The first-order valence-electron chi connectivity index (χ1n) is 7.45. The zero-order valence-electron chi connectivity index (χ0n) is 13.2. The van der Waals surface area contributed by atoms with Crippen LogP contribution in [0, 0.1) is 12.8 Å². The van der Waals surface area contributed by atoms with E-state index in [1.54, 1.807) is 0 Å². The fourth-order valence-corrected chi connectivity index (χ4v) is 2.06. The number of hydrogen-bond donors (Lipinski definition) is 2. The largest absolute Gasteiger partial charge is 0.363 e. The van der Waals surface area contributed by atoms with E-state index >= 15 is 0 Å². The molecule has 112 valence electrons. The van der Waals surface area contributed by atoms with Crippen LogP contribution in [-0.4, -0.2) is 16.5 Å². The maximum atomic E-state index is 4.54. The van der Waals surface area contributed by atoms with E-state index in [1.807, 2.05) is 31.2 Å². The van der Waals surface area contributed by atoms with E-state index in [2.05, 4.69) is 53.5 Å². The molecule has 4 nitrogen and oxygen atoms in total. The topological polar surface area (TPSA) is 49.8 Å². The van der Waals surface area contributed by atoms with Crippen molar-refractivity contribution in [1.82, 2.24) is 9.97 Å². The van der Waals surface area contributed by atoms with E-state index in [0.29, 0.717) is 11.9 Å². The lowest BCUT2D eigenvalue weighted by molar-refractivity contribution is 0.684. The molecule has 1 heterocycles. The number of anilines is 2. The van der Waals surface area contributed by atoms with Gasteiger partial charge in [-0.25, -0.2) is 4.98 Å². The Morgan fingerprint density at radius 3 is 2.43 bits per heavy atom. The van der Waals surface area contributed by atoms with Crippen molar-refractivity contribution < 1.29 is 0 Å². The zero-order chi connectivity index (χ0) is 15.2. The van der Waals surface area contributed by atoms with Gasteiger partial charge in [0, 0.05) is 24.3 Å². The Balaban J connectivity index is 2.09. The molecule has 0 aliphatic heterocycles. The van der Waals surface area contributed by atoms with Crippen molar-refractivity contribution in [2.24, 2.45) is 5.92 Å². The molecular weight excluding hydrogens is 260 g/mol. The number of aryl methyl sites for hydroxylation is 1. The quantitative estimate of drug-likeness (QED) is 0.841. The molecule has 0 aliphatic rings. The molecule has 0 aliphatic carbocycles. The van der Waals surface area contributed by atoms with Gasteiger partial charge in [0.15, 0.2) is 0 Å². The summed E-state index contributed by atoms with van der Waals surface area (Å²) in [6.45, 7) is 9.32. The Labute approximate surface area is 127 Å². The highest BCUT2D eigenvalue weighted by atomic mass is 15.1. The maximum absolute atomic E-state index is 4.54. The van der Waals surface area contributed by atoms with E-state index in [9.17, 15) is 0 Å².